The van der Waals surface area contributed by atoms with Crippen molar-refractivity contribution in [2.45, 2.75) is 26.2 Å². The number of rotatable bonds is 9. The summed E-state index contributed by atoms with van der Waals surface area (Å²) in [4.78, 5) is 28.0. The molecule has 36 heavy (non-hydrogen) atoms. The number of nitrogens with one attached hydrogen (secondary N) is 3. The third-order valence-electron chi connectivity index (χ3n) is 4.99. The Bertz CT molecular complexity index is 1490. The van der Waals surface area contributed by atoms with Gasteiger partial charge in [0.15, 0.2) is 11.6 Å². The summed E-state index contributed by atoms with van der Waals surface area (Å²) >= 11 is 0. The van der Waals surface area contributed by atoms with E-state index in [1.54, 1.807) is 24.3 Å². The van der Waals surface area contributed by atoms with E-state index in [4.69, 9.17) is 20.6 Å². The number of carbonyl (C=O) groups is 1. The van der Waals surface area contributed by atoms with E-state index in [0.29, 0.717) is 34.8 Å². The van der Waals surface area contributed by atoms with Crippen molar-refractivity contribution in [3.63, 3.8) is 0 Å². The summed E-state index contributed by atoms with van der Waals surface area (Å²) in [5.74, 6) is -0.170. The first kappa shape index (κ1) is 24.0. The van der Waals surface area contributed by atoms with Gasteiger partial charge >= 0.3 is 12.0 Å². The number of guanidine groups is 1. The molecule has 0 aliphatic heterocycles. The SMILES string of the molecule is CCCCc1nc2nc(Oc3cccc(NC(=N)N)c3)nc(Oc3ccc(C#N)c(C(=O)O)c3)c2[nH]1. The summed E-state index contributed by atoms with van der Waals surface area (Å²) in [5, 5.41) is 28.7. The molecule has 4 rings (SSSR count). The van der Waals surface area contributed by atoms with E-state index in [-0.39, 0.29) is 34.7 Å². The Morgan fingerprint density at radius 3 is 2.72 bits per heavy atom. The average molecular weight is 486 g/mol. The van der Waals surface area contributed by atoms with E-state index >= 15 is 0 Å². The van der Waals surface area contributed by atoms with Crippen LogP contribution in [0.1, 0.15) is 41.5 Å². The maximum absolute atomic E-state index is 11.6. The molecule has 0 saturated heterocycles. The van der Waals surface area contributed by atoms with Crippen LogP contribution >= 0.6 is 0 Å². The number of benzene rings is 2. The molecule has 0 saturated carbocycles. The molecule has 0 atom stereocenters. The second kappa shape index (κ2) is 10.4. The van der Waals surface area contributed by atoms with E-state index in [9.17, 15) is 15.2 Å². The fourth-order valence-corrected chi connectivity index (χ4v) is 3.35. The van der Waals surface area contributed by atoms with Crippen LogP contribution in [0.15, 0.2) is 42.5 Å². The van der Waals surface area contributed by atoms with E-state index in [1.165, 1.54) is 18.2 Å². The number of imidazole rings is 1. The number of aromatic nitrogens is 4. The third-order valence-corrected chi connectivity index (χ3v) is 4.99. The Balaban J connectivity index is 1.73. The number of H-pyrrole nitrogens is 1. The summed E-state index contributed by atoms with van der Waals surface area (Å²) in [6.45, 7) is 2.07. The minimum absolute atomic E-state index is 0.00847. The van der Waals surface area contributed by atoms with Gasteiger partial charge in [0.1, 0.15) is 28.9 Å². The molecule has 6 N–H and O–H groups in total. The lowest BCUT2D eigenvalue weighted by atomic mass is 10.1. The first-order valence-corrected chi connectivity index (χ1v) is 11.0. The Morgan fingerprint density at radius 1 is 1.19 bits per heavy atom. The van der Waals surface area contributed by atoms with E-state index in [2.05, 4.69) is 32.2 Å². The molecule has 0 spiro atoms. The molecular weight excluding hydrogens is 464 g/mol. The number of ether oxygens (including phenoxy) is 2. The molecular formula is C24H22N8O4. The van der Waals surface area contributed by atoms with Gasteiger partial charge in [-0.2, -0.15) is 15.2 Å². The zero-order chi connectivity index (χ0) is 25.7. The first-order valence-electron chi connectivity index (χ1n) is 11.0. The average Bonchev–Trinajstić information content (AvgIpc) is 3.25. The highest BCUT2D eigenvalue weighted by Gasteiger charge is 2.18. The normalized spacial score (nSPS) is 10.6. The summed E-state index contributed by atoms with van der Waals surface area (Å²) in [7, 11) is 0. The van der Waals surface area contributed by atoms with Crippen molar-refractivity contribution >= 4 is 28.8 Å². The summed E-state index contributed by atoms with van der Waals surface area (Å²) in [5.41, 5.74) is 6.47. The van der Waals surface area contributed by atoms with Gasteiger partial charge in [0, 0.05) is 18.2 Å². The maximum Gasteiger partial charge on any atom is 0.337 e. The number of hydrogen-bond donors (Lipinski definition) is 5. The fraction of sp³-hybridized carbons (Fsp3) is 0.167. The standard InChI is InChI=1S/C24H22N8O4/c1-2-3-7-18-29-19-20(30-18)31-24(36-15-6-4-5-14(10-15)28-23(26)27)32-21(19)35-16-9-8-13(12-25)17(11-16)22(33)34/h4-6,8-11H,2-3,7H2,1H3,(H,33,34)(H4,26,27,28)(H,29,30,31,32). The topological polar surface area (TPSA) is 196 Å². The summed E-state index contributed by atoms with van der Waals surface area (Å²) in [6, 6.07) is 12.6. The highest BCUT2D eigenvalue weighted by Crippen LogP contribution is 2.31. The van der Waals surface area contributed by atoms with Crippen LogP contribution in [0.4, 0.5) is 5.69 Å². The Hall–Kier alpha value is -5.18. The van der Waals surface area contributed by atoms with Crippen LogP contribution in [0.3, 0.4) is 0 Å². The molecule has 4 aromatic rings. The molecule has 182 valence electrons. The number of hydrogen-bond acceptors (Lipinski definition) is 8. The van der Waals surface area contributed by atoms with Gasteiger partial charge in [-0.1, -0.05) is 19.4 Å². The molecule has 2 aromatic carbocycles. The zero-order valence-corrected chi connectivity index (χ0v) is 19.2. The molecule has 0 amide bonds. The lowest BCUT2D eigenvalue weighted by Gasteiger charge is -2.10. The number of unbranched alkanes of at least 4 members (excludes halogenated alkanes) is 1. The molecule has 12 nitrogen and oxygen atoms in total. The van der Waals surface area contributed by atoms with Crippen LogP contribution in [-0.2, 0) is 6.42 Å². The van der Waals surface area contributed by atoms with E-state index < -0.39 is 5.97 Å². The molecule has 2 heterocycles. The number of anilines is 1. The van der Waals surface area contributed by atoms with E-state index in [1.807, 2.05) is 6.07 Å². The molecule has 0 aliphatic rings. The van der Waals surface area contributed by atoms with Gasteiger partial charge in [0.25, 0.3) is 5.88 Å². The van der Waals surface area contributed by atoms with Crippen molar-refractivity contribution in [3.8, 4) is 29.5 Å². The predicted octanol–water partition coefficient (Wildman–Crippen LogP) is 4.16. The second-order valence-corrected chi connectivity index (χ2v) is 7.69. The number of aryl methyl sites for hydroxylation is 1. The number of nitrogens with zero attached hydrogens (tertiary/aromatic N) is 4. The smallest absolute Gasteiger partial charge is 0.337 e. The van der Waals surface area contributed by atoms with Gasteiger partial charge in [0.05, 0.1) is 11.1 Å². The van der Waals surface area contributed by atoms with Gasteiger partial charge < -0.3 is 30.6 Å². The highest BCUT2D eigenvalue weighted by atomic mass is 16.5. The highest BCUT2D eigenvalue weighted by molar-refractivity contribution is 5.91. The predicted molar refractivity (Wildman–Crippen MR) is 131 cm³/mol. The van der Waals surface area contributed by atoms with Crippen LogP contribution in [0.2, 0.25) is 0 Å². The monoisotopic (exact) mass is 486 g/mol. The van der Waals surface area contributed by atoms with Crippen molar-refractivity contribution in [1.29, 1.82) is 10.7 Å². The van der Waals surface area contributed by atoms with E-state index in [0.717, 1.165) is 12.8 Å². The number of carboxylic acid groups (broad SMARTS) is 1. The number of aromatic amines is 1. The number of nitrogens with two attached hydrogens (primary N) is 1. The Kier molecular flexibility index (Phi) is 6.92. The van der Waals surface area contributed by atoms with Gasteiger partial charge in [-0.05, 0) is 36.8 Å². The third kappa shape index (κ3) is 5.48. The van der Waals surface area contributed by atoms with Crippen molar-refractivity contribution in [1.82, 2.24) is 19.9 Å². The zero-order valence-electron chi connectivity index (χ0n) is 19.2. The van der Waals surface area contributed by atoms with Crippen LogP contribution in [0.25, 0.3) is 11.2 Å². The van der Waals surface area contributed by atoms with Crippen molar-refractivity contribution < 1.29 is 19.4 Å². The number of carboxylic acids is 1. The lowest BCUT2D eigenvalue weighted by molar-refractivity contribution is 0.0696. The summed E-state index contributed by atoms with van der Waals surface area (Å²) in [6.07, 6.45) is 2.59. The number of aromatic carboxylic acids is 1. The lowest BCUT2D eigenvalue weighted by Crippen LogP contribution is -2.20. The second-order valence-electron chi connectivity index (χ2n) is 7.69. The van der Waals surface area contributed by atoms with Crippen LogP contribution in [0, 0.1) is 16.7 Å². The number of nitriles is 1. The Labute approximate surface area is 205 Å². The van der Waals surface area contributed by atoms with Crippen LogP contribution in [0.5, 0.6) is 23.4 Å². The quantitative estimate of drug-likeness (QED) is 0.169. The molecule has 0 aliphatic carbocycles. The van der Waals surface area contributed by atoms with Crippen LogP contribution < -0.4 is 20.5 Å². The van der Waals surface area contributed by atoms with Crippen molar-refractivity contribution in [3.05, 3.63) is 59.4 Å². The van der Waals surface area contributed by atoms with Crippen LogP contribution in [-0.4, -0.2) is 37.0 Å². The summed E-state index contributed by atoms with van der Waals surface area (Å²) < 4.78 is 11.8. The molecule has 0 bridgehead atoms. The molecule has 2 aromatic heterocycles. The fourth-order valence-electron chi connectivity index (χ4n) is 3.35. The van der Waals surface area contributed by atoms with Crippen molar-refractivity contribution in [2.75, 3.05) is 5.32 Å². The number of fused-ring (bicyclic) bond motifs is 1. The van der Waals surface area contributed by atoms with Gasteiger partial charge in [0.2, 0.25) is 0 Å². The van der Waals surface area contributed by atoms with Crippen molar-refractivity contribution in [2.24, 2.45) is 5.73 Å². The van der Waals surface area contributed by atoms with Gasteiger partial charge in [-0.25, -0.2) is 9.78 Å². The molecule has 12 heteroatoms. The first-order chi connectivity index (χ1) is 17.4. The van der Waals surface area contributed by atoms with Gasteiger partial charge in [-0.15, -0.1) is 0 Å². The Morgan fingerprint density at radius 2 is 2.00 bits per heavy atom. The van der Waals surface area contributed by atoms with Gasteiger partial charge in [-0.3, -0.25) is 5.41 Å². The molecule has 0 fully saturated rings. The molecule has 0 unspecified atom stereocenters. The maximum atomic E-state index is 11.6. The minimum Gasteiger partial charge on any atom is -0.478 e. The largest absolute Gasteiger partial charge is 0.478 e. The molecule has 0 radical (unpaired) electrons. The minimum atomic E-state index is -1.25.